The van der Waals surface area contributed by atoms with E-state index in [1.807, 2.05) is 77.4 Å². The van der Waals surface area contributed by atoms with Crippen molar-refractivity contribution >= 4 is 50.6 Å². The fourth-order valence-electron chi connectivity index (χ4n) is 3.87. The number of nitriles is 1. The molecule has 0 fully saturated rings. The SMILES string of the molecule is CCC(Sc1nnc2ccc3ccccc3n12)C(=O)Nc1scc(-c2ccc(OC)cc2)c1C#N. The van der Waals surface area contributed by atoms with Crippen molar-refractivity contribution < 1.29 is 9.53 Å². The summed E-state index contributed by atoms with van der Waals surface area (Å²) in [5.41, 5.74) is 3.85. The third-order valence-corrected chi connectivity index (χ3v) is 7.90. The number of hydrogen-bond acceptors (Lipinski definition) is 7. The molecule has 0 aliphatic heterocycles. The lowest BCUT2D eigenvalue weighted by Crippen LogP contribution is -2.24. The number of thiophene rings is 1. The van der Waals surface area contributed by atoms with Gasteiger partial charge in [0.05, 0.1) is 23.4 Å². The fourth-order valence-corrected chi connectivity index (χ4v) is 5.77. The first-order chi connectivity index (χ1) is 17.1. The number of ether oxygens (including phenoxy) is 1. The topological polar surface area (TPSA) is 92.3 Å². The predicted octanol–water partition coefficient (Wildman–Crippen LogP) is 6.00. The fraction of sp³-hybridized carbons (Fsp3) is 0.154. The zero-order chi connectivity index (χ0) is 24.4. The summed E-state index contributed by atoms with van der Waals surface area (Å²) in [6, 6.07) is 21.7. The molecule has 0 aliphatic rings. The molecular weight excluding hydrogens is 478 g/mol. The zero-order valence-electron chi connectivity index (χ0n) is 19.1. The standard InChI is InChI=1S/C26H21N5O2S2/c1-3-22(35-26-30-29-23-13-10-17-6-4-5-7-21(17)31(23)26)24(32)28-25-19(14-27)20(15-34-25)16-8-11-18(33-2)12-9-16/h4-13,15,22H,3H2,1-2H3,(H,28,32). The summed E-state index contributed by atoms with van der Waals surface area (Å²) in [6.45, 7) is 1.96. The van der Waals surface area contributed by atoms with E-state index >= 15 is 0 Å². The van der Waals surface area contributed by atoms with E-state index in [-0.39, 0.29) is 5.91 Å². The van der Waals surface area contributed by atoms with Gasteiger partial charge in [0.2, 0.25) is 5.91 Å². The molecule has 1 N–H and O–H groups in total. The van der Waals surface area contributed by atoms with Crippen molar-refractivity contribution in [2.75, 3.05) is 12.4 Å². The number of amides is 1. The maximum absolute atomic E-state index is 13.3. The van der Waals surface area contributed by atoms with Gasteiger partial charge in [0, 0.05) is 10.9 Å². The minimum Gasteiger partial charge on any atom is -0.497 e. The number of nitrogens with one attached hydrogen (secondary N) is 1. The quantitative estimate of drug-likeness (QED) is 0.276. The first-order valence-electron chi connectivity index (χ1n) is 11.0. The molecule has 0 saturated carbocycles. The molecule has 1 atom stereocenters. The molecule has 3 aromatic heterocycles. The van der Waals surface area contributed by atoms with E-state index < -0.39 is 5.25 Å². The molecule has 7 nitrogen and oxygen atoms in total. The number of hydrogen-bond donors (Lipinski definition) is 1. The van der Waals surface area contributed by atoms with Gasteiger partial charge in [-0.2, -0.15) is 5.26 Å². The monoisotopic (exact) mass is 499 g/mol. The van der Waals surface area contributed by atoms with Crippen molar-refractivity contribution in [2.24, 2.45) is 0 Å². The lowest BCUT2D eigenvalue weighted by Gasteiger charge is -2.14. The molecule has 174 valence electrons. The van der Waals surface area contributed by atoms with Gasteiger partial charge in [-0.3, -0.25) is 9.20 Å². The molecule has 5 rings (SSSR count). The van der Waals surface area contributed by atoms with Crippen LogP contribution >= 0.6 is 23.1 Å². The van der Waals surface area contributed by atoms with Crippen LogP contribution in [0.1, 0.15) is 18.9 Å². The molecule has 5 aromatic rings. The second kappa shape index (κ2) is 9.78. The molecule has 0 aliphatic carbocycles. The highest BCUT2D eigenvalue weighted by Crippen LogP contribution is 2.36. The van der Waals surface area contributed by atoms with Crippen LogP contribution in [0.2, 0.25) is 0 Å². The van der Waals surface area contributed by atoms with E-state index in [1.54, 1.807) is 7.11 Å². The summed E-state index contributed by atoms with van der Waals surface area (Å²) in [7, 11) is 1.61. The van der Waals surface area contributed by atoms with E-state index in [0.717, 1.165) is 33.4 Å². The van der Waals surface area contributed by atoms with Crippen molar-refractivity contribution in [3.63, 3.8) is 0 Å². The van der Waals surface area contributed by atoms with Gasteiger partial charge in [-0.1, -0.05) is 49.0 Å². The van der Waals surface area contributed by atoms with Crippen LogP contribution in [0, 0.1) is 11.3 Å². The predicted molar refractivity (Wildman–Crippen MR) is 140 cm³/mol. The maximum Gasteiger partial charge on any atom is 0.238 e. The average molecular weight is 500 g/mol. The molecule has 9 heteroatoms. The van der Waals surface area contributed by atoms with Crippen LogP contribution in [-0.2, 0) is 4.79 Å². The Morgan fingerprint density at radius 3 is 2.71 bits per heavy atom. The Labute approximate surface area is 210 Å². The molecule has 0 radical (unpaired) electrons. The molecule has 1 amide bonds. The van der Waals surface area contributed by atoms with E-state index in [1.165, 1.54) is 23.1 Å². The molecule has 1 unspecified atom stereocenters. The van der Waals surface area contributed by atoms with Crippen molar-refractivity contribution in [1.82, 2.24) is 14.6 Å². The van der Waals surface area contributed by atoms with Crippen molar-refractivity contribution in [3.8, 4) is 22.9 Å². The van der Waals surface area contributed by atoms with Gasteiger partial charge in [0.15, 0.2) is 10.8 Å². The summed E-state index contributed by atoms with van der Waals surface area (Å²) < 4.78 is 7.19. The number of pyridine rings is 1. The first kappa shape index (κ1) is 22.9. The molecule has 0 saturated heterocycles. The Morgan fingerprint density at radius 1 is 1.17 bits per heavy atom. The van der Waals surface area contributed by atoms with Crippen LogP contribution in [0.4, 0.5) is 5.00 Å². The van der Waals surface area contributed by atoms with E-state index in [9.17, 15) is 10.1 Å². The number of methoxy groups -OCH3 is 1. The Morgan fingerprint density at radius 2 is 1.97 bits per heavy atom. The van der Waals surface area contributed by atoms with Crippen LogP contribution in [0.5, 0.6) is 5.75 Å². The number of benzene rings is 2. The van der Waals surface area contributed by atoms with Gasteiger partial charge in [-0.15, -0.1) is 21.5 Å². The number of fused-ring (bicyclic) bond motifs is 3. The van der Waals surface area contributed by atoms with Gasteiger partial charge in [-0.25, -0.2) is 0 Å². The highest BCUT2D eigenvalue weighted by molar-refractivity contribution is 8.00. The third kappa shape index (κ3) is 4.34. The minimum atomic E-state index is -0.403. The van der Waals surface area contributed by atoms with Crippen LogP contribution in [-0.4, -0.2) is 32.9 Å². The van der Waals surface area contributed by atoms with Crippen LogP contribution < -0.4 is 10.1 Å². The van der Waals surface area contributed by atoms with Gasteiger partial charge < -0.3 is 10.1 Å². The zero-order valence-corrected chi connectivity index (χ0v) is 20.7. The Hall–Kier alpha value is -3.87. The van der Waals surface area contributed by atoms with Gasteiger partial charge >= 0.3 is 0 Å². The number of nitrogens with zero attached hydrogens (tertiary/aromatic N) is 4. The maximum atomic E-state index is 13.3. The molecule has 35 heavy (non-hydrogen) atoms. The molecule has 0 bridgehead atoms. The largest absolute Gasteiger partial charge is 0.497 e. The molecule has 0 spiro atoms. The number of thioether (sulfide) groups is 1. The normalized spacial score (nSPS) is 11.9. The average Bonchev–Trinajstić information content (AvgIpc) is 3.51. The summed E-state index contributed by atoms with van der Waals surface area (Å²) in [5.74, 6) is 0.571. The van der Waals surface area contributed by atoms with E-state index in [0.29, 0.717) is 22.1 Å². The van der Waals surface area contributed by atoms with Crippen LogP contribution in [0.15, 0.2) is 71.2 Å². The highest BCUT2D eigenvalue weighted by Gasteiger charge is 2.24. The van der Waals surface area contributed by atoms with Crippen molar-refractivity contribution in [2.45, 2.75) is 23.8 Å². The number of carbonyl (C=O) groups excluding carboxylic acids is 1. The molecular formula is C26H21N5O2S2. The summed E-state index contributed by atoms with van der Waals surface area (Å²) in [5, 5.41) is 25.2. The number of anilines is 1. The van der Waals surface area contributed by atoms with Crippen LogP contribution in [0.3, 0.4) is 0 Å². The molecule has 3 heterocycles. The lowest BCUT2D eigenvalue weighted by molar-refractivity contribution is -0.115. The summed E-state index contributed by atoms with van der Waals surface area (Å²) >= 11 is 2.72. The Balaban J connectivity index is 1.40. The van der Waals surface area contributed by atoms with Crippen LogP contribution in [0.25, 0.3) is 27.7 Å². The number of carbonyl (C=O) groups is 1. The Kier molecular flexibility index (Phi) is 6.40. The van der Waals surface area contributed by atoms with Crippen molar-refractivity contribution in [3.05, 3.63) is 71.6 Å². The molecule has 2 aromatic carbocycles. The second-order valence-electron chi connectivity index (χ2n) is 7.77. The van der Waals surface area contributed by atoms with Gasteiger partial charge in [0.25, 0.3) is 0 Å². The van der Waals surface area contributed by atoms with Gasteiger partial charge in [0.1, 0.15) is 16.8 Å². The number of aromatic nitrogens is 3. The van der Waals surface area contributed by atoms with Gasteiger partial charge in [-0.05, 0) is 47.7 Å². The highest BCUT2D eigenvalue weighted by atomic mass is 32.2. The smallest absolute Gasteiger partial charge is 0.238 e. The van der Waals surface area contributed by atoms with E-state index in [2.05, 4.69) is 21.6 Å². The lowest BCUT2D eigenvalue weighted by atomic mass is 10.0. The van der Waals surface area contributed by atoms with Crippen molar-refractivity contribution in [1.29, 1.82) is 5.26 Å². The second-order valence-corrected chi connectivity index (χ2v) is 9.82. The first-order valence-corrected chi connectivity index (χ1v) is 12.7. The number of para-hydroxylation sites is 1. The summed E-state index contributed by atoms with van der Waals surface area (Å²) in [6.07, 6.45) is 0.592. The van der Waals surface area contributed by atoms with E-state index in [4.69, 9.17) is 4.74 Å². The summed E-state index contributed by atoms with van der Waals surface area (Å²) in [4.78, 5) is 13.3. The third-order valence-electron chi connectivity index (χ3n) is 5.70. The number of rotatable bonds is 7. The minimum absolute atomic E-state index is 0.172. The Bertz CT molecular complexity index is 1570.